The molecule has 1 unspecified atom stereocenters. The SMILES string of the molecule is CCNCC(O)c1cc2cccc(C)c2o1. The number of aliphatic hydroxyl groups is 1. The molecule has 2 aromatic rings. The first kappa shape index (κ1) is 11.2. The van der Waals surface area contributed by atoms with E-state index in [2.05, 4.69) is 5.32 Å². The zero-order valence-corrected chi connectivity index (χ0v) is 9.66. The van der Waals surface area contributed by atoms with Gasteiger partial charge in [-0.1, -0.05) is 25.1 Å². The maximum atomic E-state index is 9.89. The second kappa shape index (κ2) is 4.68. The minimum atomic E-state index is -0.577. The van der Waals surface area contributed by atoms with Crippen LogP contribution in [0.25, 0.3) is 11.0 Å². The number of hydrogen-bond acceptors (Lipinski definition) is 3. The van der Waals surface area contributed by atoms with E-state index in [0.717, 1.165) is 23.1 Å². The second-order valence-corrected chi connectivity index (χ2v) is 3.97. The molecule has 1 heterocycles. The number of aliphatic hydroxyl groups excluding tert-OH is 1. The molecular formula is C13H17NO2. The van der Waals surface area contributed by atoms with E-state index in [1.54, 1.807) is 0 Å². The van der Waals surface area contributed by atoms with Crippen LogP contribution in [0.3, 0.4) is 0 Å². The predicted molar refractivity (Wildman–Crippen MR) is 64.5 cm³/mol. The zero-order chi connectivity index (χ0) is 11.5. The van der Waals surface area contributed by atoms with Gasteiger partial charge in [0, 0.05) is 11.9 Å². The van der Waals surface area contributed by atoms with Gasteiger partial charge in [-0.05, 0) is 25.1 Å². The van der Waals surface area contributed by atoms with E-state index in [9.17, 15) is 5.11 Å². The minimum Gasteiger partial charge on any atom is -0.458 e. The molecule has 0 radical (unpaired) electrons. The van der Waals surface area contributed by atoms with Crippen LogP contribution in [0.4, 0.5) is 0 Å². The summed E-state index contributed by atoms with van der Waals surface area (Å²) in [5, 5.41) is 14.0. The fourth-order valence-corrected chi connectivity index (χ4v) is 1.77. The predicted octanol–water partition coefficient (Wildman–Crippen LogP) is 2.38. The summed E-state index contributed by atoms with van der Waals surface area (Å²) in [4.78, 5) is 0. The molecule has 2 rings (SSSR count). The molecule has 0 bridgehead atoms. The van der Waals surface area contributed by atoms with Crippen LogP contribution in [-0.2, 0) is 0 Å². The standard InChI is InChI=1S/C13H17NO2/c1-3-14-8-11(15)12-7-10-6-4-5-9(2)13(10)16-12/h4-7,11,14-15H,3,8H2,1-2H3. The van der Waals surface area contributed by atoms with Gasteiger partial charge in [0.1, 0.15) is 17.4 Å². The van der Waals surface area contributed by atoms with Crippen molar-refractivity contribution < 1.29 is 9.52 Å². The van der Waals surface area contributed by atoms with Gasteiger partial charge in [0.05, 0.1) is 0 Å². The van der Waals surface area contributed by atoms with E-state index in [4.69, 9.17) is 4.42 Å². The van der Waals surface area contributed by atoms with Crippen molar-refractivity contribution in [1.29, 1.82) is 0 Å². The lowest BCUT2D eigenvalue weighted by Crippen LogP contribution is -2.20. The molecule has 1 atom stereocenters. The molecule has 1 aromatic carbocycles. The Balaban J connectivity index is 2.29. The van der Waals surface area contributed by atoms with Crippen LogP contribution in [0.5, 0.6) is 0 Å². The molecule has 3 nitrogen and oxygen atoms in total. The maximum Gasteiger partial charge on any atom is 0.137 e. The summed E-state index contributed by atoms with van der Waals surface area (Å²) in [7, 11) is 0. The van der Waals surface area contributed by atoms with Crippen molar-refractivity contribution in [2.75, 3.05) is 13.1 Å². The lowest BCUT2D eigenvalue weighted by Gasteiger charge is -2.06. The van der Waals surface area contributed by atoms with E-state index in [0.29, 0.717) is 12.3 Å². The second-order valence-electron chi connectivity index (χ2n) is 3.97. The number of hydrogen-bond donors (Lipinski definition) is 2. The van der Waals surface area contributed by atoms with Crippen LogP contribution in [0, 0.1) is 6.92 Å². The number of nitrogens with one attached hydrogen (secondary N) is 1. The average Bonchev–Trinajstić information content (AvgIpc) is 2.71. The normalized spacial score (nSPS) is 13.2. The number of likely N-dealkylation sites (N-methyl/N-ethyl adjacent to an activating group) is 1. The van der Waals surface area contributed by atoms with Crippen molar-refractivity contribution in [2.45, 2.75) is 20.0 Å². The Labute approximate surface area is 95.1 Å². The highest BCUT2D eigenvalue weighted by atomic mass is 16.4. The number of fused-ring (bicyclic) bond motifs is 1. The molecule has 86 valence electrons. The number of rotatable bonds is 4. The Kier molecular flexibility index (Phi) is 3.27. The summed E-state index contributed by atoms with van der Waals surface area (Å²) in [5.74, 6) is 0.630. The Morgan fingerprint density at radius 2 is 2.25 bits per heavy atom. The third-order valence-corrected chi connectivity index (χ3v) is 2.68. The Morgan fingerprint density at radius 1 is 1.44 bits per heavy atom. The molecule has 0 saturated heterocycles. The van der Waals surface area contributed by atoms with E-state index in [1.165, 1.54) is 0 Å². The van der Waals surface area contributed by atoms with Gasteiger partial charge < -0.3 is 14.8 Å². The quantitative estimate of drug-likeness (QED) is 0.830. The van der Waals surface area contributed by atoms with Crippen LogP contribution in [0.2, 0.25) is 0 Å². The van der Waals surface area contributed by atoms with Crippen molar-refractivity contribution in [2.24, 2.45) is 0 Å². The van der Waals surface area contributed by atoms with Gasteiger partial charge in [0.15, 0.2) is 0 Å². The van der Waals surface area contributed by atoms with Crippen molar-refractivity contribution in [1.82, 2.24) is 5.32 Å². The van der Waals surface area contributed by atoms with Crippen molar-refractivity contribution in [3.05, 3.63) is 35.6 Å². The Morgan fingerprint density at radius 3 is 2.94 bits per heavy atom. The van der Waals surface area contributed by atoms with Gasteiger partial charge in [-0.3, -0.25) is 0 Å². The molecule has 0 aliphatic heterocycles. The van der Waals surface area contributed by atoms with E-state index >= 15 is 0 Å². The van der Waals surface area contributed by atoms with Gasteiger partial charge in [-0.25, -0.2) is 0 Å². The highest BCUT2D eigenvalue weighted by Crippen LogP contribution is 2.25. The summed E-state index contributed by atoms with van der Waals surface area (Å²) in [6.45, 7) is 5.38. The smallest absolute Gasteiger partial charge is 0.137 e. The van der Waals surface area contributed by atoms with Gasteiger partial charge in [-0.15, -0.1) is 0 Å². The van der Waals surface area contributed by atoms with Crippen molar-refractivity contribution >= 4 is 11.0 Å². The van der Waals surface area contributed by atoms with Gasteiger partial charge in [0.25, 0.3) is 0 Å². The fraction of sp³-hybridized carbons (Fsp3) is 0.385. The largest absolute Gasteiger partial charge is 0.458 e. The number of aryl methyl sites for hydroxylation is 1. The Hall–Kier alpha value is -1.32. The number of furan rings is 1. The molecule has 0 fully saturated rings. The molecular weight excluding hydrogens is 202 g/mol. The lowest BCUT2D eigenvalue weighted by atomic mass is 10.1. The van der Waals surface area contributed by atoms with Gasteiger partial charge in [-0.2, -0.15) is 0 Å². The van der Waals surface area contributed by atoms with E-state index in [1.807, 2.05) is 38.1 Å². The van der Waals surface area contributed by atoms with Crippen LogP contribution < -0.4 is 5.32 Å². The lowest BCUT2D eigenvalue weighted by molar-refractivity contribution is 0.150. The van der Waals surface area contributed by atoms with E-state index < -0.39 is 6.10 Å². The topological polar surface area (TPSA) is 45.4 Å². The average molecular weight is 219 g/mol. The van der Waals surface area contributed by atoms with Crippen LogP contribution in [0.1, 0.15) is 24.4 Å². The maximum absolute atomic E-state index is 9.89. The highest BCUT2D eigenvalue weighted by molar-refractivity contribution is 5.80. The zero-order valence-electron chi connectivity index (χ0n) is 9.66. The van der Waals surface area contributed by atoms with Crippen LogP contribution in [-0.4, -0.2) is 18.2 Å². The van der Waals surface area contributed by atoms with Crippen molar-refractivity contribution in [3.63, 3.8) is 0 Å². The molecule has 0 amide bonds. The summed E-state index contributed by atoms with van der Waals surface area (Å²) in [6, 6.07) is 7.90. The molecule has 0 aliphatic rings. The molecule has 16 heavy (non-hydrogen) atoms. The van der Waals surface area contributed by atoms with Crippen LogP contribution >= 0.6 is 0 Å². The summed E-state index contributed by atoms with van der Waals surface area (Å²) < 4.78 is 5.67. The molecule has 2 N–H and O–H groups in total. The molecule has 0 aliphatic carbocycles. The summed E-state index contributed by atoms with van der Waals surface area (Å²) >= 11 is 0. The molecule has 0 saturated carbocycles. The Bertz CT molecular complexity index is 476. The number of benzene rings is 1. The molecule has 0 spiro atoms. The third kappa shape index (κ3) is 2.10. The monoisotopic (exact) mass is 219 g/mol. The first-order valence-electron chi connectivity index (χ1n) is 5.60. The first-order chi connectivity index (χ1) is 7.72. The summed E-state index contributed by atoms with van der Waals surface area (Å²) in [5.41, 5.74) is 1.97. The molecule has 3 heteroatoms. The minimum absolute atomic E-state index is 0.523. The first-order valence-corrected chi connectivity index (χ1v) is 5.60. The highest BCUT2D eigenvalue weighted by Gasteiger charge is 2.13. The van der Waals surface area contributed by atoms with Crippen molar-refractivity contribution in [3.8, 4) is 0 Å². The fourth-order valence-electron chi connectivity index (χ4n) is 1.77. The van der Waals surface area contributed by atoms with Gasteiger partial charge in [0.2, 0.25) is 0 Å². The number of para-hydroxylation sites is 1. The van der Waals surface area contributed by atoms with Crippen LogP contribution in [0.15, 0.2) is 28.7 Å². The third-order valence-electron chi connectivity index (χ3n) is 2.68. The summed E-state index contributed by atoms with van der Waals surface area (Å²) in [6.07, 6.45) is -0.577. The molecule has 1 aromatic heterocycles. The van der Waals surface area contributed by atoms with E-state index in [-0.39, 0.29) is 0 Å². The van der Waals surface area contributed by atoms with Gasteiger partial charge >= 0.3 is 0 Å².